The van der Waals surface area contributed by atoms with Gasteiger partial charge in [0.1, 0.15) is 0 Å². The van der Waals surface area contributed by atoms with Crippen molar-refractivity contribution in [3.8, 4) is 0 Å². The van der Waals surface area contributed by atoms with Gasteiger partial charge < -0.3 is 11.1 Å². The Balaban J connectivity index is 3.41. The summed E-state index contributed by atoms with van der Waals surface area (Å²) in [5.41, 5.74) is 5.45. The highest BCUT2D eigenvalue weighted by Gasteiger charge is 2.11. The molecule has 0 radical (unpaired) electrons. The molecule has 0 aliphatic heterocycles. The second kappa shape index (κ2) is 5.44. The molecule has 4 N–H and O–H groups in total. The molecule has 0 aliphatic rings. The van der Waals surface area contributed by atoms with Gasteiger partial charge in [0, 0.05) is 25.7 Å². The number of aromatic nitrogens is 1. The van der Waals surface area contributed by atoms with Gasteiger partial charge in [-0.25, -0.2) is 4.39 Å². The molecule has 0 bridgehead atoms. The minimum atomic E-state index is -0.744. The standard InChI is InChI=1S/C10H12FN5S/c1-15-4-7(3-12)6-2-8(11)9(13)16(5-6)10(14)17/h2-5,7,12-13H,1H3,(H2,14,17). The fourth-order valence-electron chi connectivity index (χ4n) is 1.32. The third kappa shape index (κ3) is 2.82. The Morgan fingerprint density at radius 1 is 1.71 bits per heavy atom. The topological polar surface area (TPSA) is 91.0 Å². The van der Waals surface area contributed by atoms with Crippen LogP contribution in [-0.2, 0) is 0 Å². The number of pyridine rings is 1. The maximum atomic E-state index is 13.5. The van der Waals surface area contributed by atoms with Crippen LogP contribution >= 0.6 is 12.2 Å². The normalized spacial score (nSPS) is 12.6. The predicted molar refractivity (Wildman–Crippen MR) is 68.4 cm³/mol. The molecule has 1 atom stereocenters. The summed E-state index contributed by atoms with van der Waals surface area (Å²) in [4.78, 5) is 3.79. The molecule has 5 nitrogen and oxygen atoms in total. The zero-order valence-electron chi connectivity index (χ0n) is 9.14. The van der Waals surface area contributed by atoms with E-state index in [0.717, 1.165) is 10.8 Å². The van der Waals surface area contributed by atoms with Gasteiger partial charge in [-0.3, -0.25) is 15.0 Å². The van der Waals surface area contributed by atoms with Crippen LogP contribution in [0.1, 0.15) is 11.5 Å². The van der Waals surface area contributed by atoms with Crippen molar-refractivity contribution < 1.29 is 4.39 Å². The van der Waals surface area contributed by atoms with E-state index in [-0.39, 0.29) is 5.11 Å². The molecular weight excluding hydrogens is 241 g/mol. The number of rotatable bonds is 3. The van der Waals surface area contributed by atoms with E-state index in [1.165, 1.54) is 18.5 Å². The summed E-state index contributed by atoms with van der Waals surface area (Å²) in [6, 6.07) is 1.18. The number of hydrogen-bond donors (Lipinski definition) is 3. The molecule has 0 saturated heterocycles. The largest absolute Gasteiger partial charge is 0.376 e. The first-order valence-corrected chi connectivity index (χ1v) is 5.11. The predicted octanol–water partition coefficient (Wildman–Crippen LogP) is 0.632. The summed E-state index contributed by atoms with van der Waals surface area (Å²) in [5.74, 6) is -1.21. The number of hydrogen-bond acceptors (Lipinski definition) is 4. The van der Waals surface area contributed by atoms with Crippen LogP contribution in [0.25, 0.3) is 0 Å². The lowest BCUT2D eigenvalue weighted by Crippen LogP contribution is -2.33. The highest BCUT2D eigenvalue weighted by atomic mass is 32.1. The van der Waals surface area contributed by atoms with E-state index in [0.29, 0.717) is 5.56 Å². The third-order valence-corrected chi connectivity index (χ3v) is 2.35. The first-order valence-electron chi connectivity index (χ1n) is 4.70. The molecule has 7 heteroatoms. The van der Waals surface area contributed by atoms with Gasteiger partial charge >= 0.3 is 0 Å². The van der Waals surface area contributed by atoms with Crippen LogP contribution in [0.5, 0.6) is 0 Å². The molecule has 0 amide bonds. The SMILES string of the molecule is CN=CC(C=N)c1cc(F)c(=N)n(C(N)=S)c1. The van der Waals surface area contributed by atoms with E-state index in [1.54, 1.807) is 7.05 Å². The van der Waals surface area contributed by atoms with Crippen LogP contribution in [0, 0.1) is 16.6 Å². The zero-order valence-corrected chi connectivity index (χ0v) is 9.96. The summed E-state index contributed by atoms with van der Waals surface area (Å²) >= 11 is 4.72. The lowest BCUT2D eigenvalue weighted by atomic mass is 10.0. The van der Waals surface area contributed by atoms with Crippen molar-refractivity contribution in [2.45, 2.75) is 5.92 Å². The monoisotopic (exact) mass is 253 g/mol. The van der Waals surface area contributed by atoms with Gasteiger partial charge in [-0.15, -0.1) is 0 Å². The molecule has 0 aromatic carbocycles. The molecule has 0 fully saturated rings. The van der Waals surface area contributed by atoms with Crippen molar-refractivity contribution in [1.82, 2.24) is 4.57 Å². The van der Waals surface area contributed by atoms with Crippen LogP contribution < -0.4 is 11.2 Å². The Morgan fingerprint density at radius 2 is 2.35 bits per heavy atom. The molecule has 0 aliphatic carbocycles. The van der Waals surface area contributed by atoms with Crippen LogP contribution in [0.4, 0.5) is 4.39 Å². The van der Waals surface area contributed by atoms with Gasteiger partial charge in [0.05, 0.1) is 5.92 Å². The maximum absolute atomic E-state index is 13.5. The Kier molecular flexibility index (Phi) is 4.22. The van der Waals surface area contributed by atoms with Gasteiger partial charge in [0.25, 0.3) is 0 Å². The van der Waals surface area contributed by atoms with Gasteiger partial charge in [0.2, 0.25) is 0 Å². The van der Waals surface area contributed by atoms with Crippen molar-refractivity contribution >= 4 is 29.8 Å². The summed E-state index contributed by atoms with van der Waals surface area (Å²) in [6.07, 6.45) is 4.05. The second-order valence-electron chi connectivity index (χ2n) is 3.28. The summed E-state index contributed by atoms with van der Waals surface area (Å²) < 4.78 is 14.5. The molecule has 0 spiro atoms. The molecular formula is C10H12FN5S. The van der Waals surface area contributed by atoms with Crippen LogP contribution in [0.3, 0.4) is 0 Å². The zero-order chi connectivity index (χ0) is 13.0. The fourth-order valence-corrected chi connectivity index (χ4v) is 1.47. The van der Waals surface area contributed by atoms with E-state index in [2.05, 4.69) is 4.99 Å². The number of nitrogens with two attached hydrogens (primary N) is 1. The van der Waals surface area contributed by atoms with Crippen LogP contribution in [0.2, 0.25) is 0 Å². The number of nitrogens with zero attached hydrogens (tertiary/aromatic N) is 2. The molecule has 90 valence electrons. The summed E-state index contributed by atoms with van der Waals surface area (Å²) in [6.45, 7) is 0. The number of nitrogens with one attached hydrogen (secondary N) is 2. The molecule has 1 rings (SSSR count). The number of thiocarbonyl (C=S) groups is 1. The minimum absolute atomic E-state index is 0.118. The Hall–Kier alpha value is -1.89. The highest BCUT2D eigenvalue weighted by Crippen LogP contribution is 2.11. The molecule has 1 heterocycles. The quantitative estimate of drug-likeness (QED) is 0.544. The fraction of sp³-hybridized carbons (Fsp3) is 0.200. The van der Waals surface area contributed by atoms with Crippen molar-refractivity contribution in [3.05, 3.63) is 29.1 Å². The maximum Gasteiger partial charge on any atom is 0.176 e. The third-order valence-electron chi connectivity index (χ3n) is 2.15. The van der Waals surface area contributed by atoms with E-state index < -0.39 is 17.2 Å². The van der Waals surface area contributed by atoms with Gasteiger partial charge in [0.15, 0.2) is 16.4 Å². The van der Waals surface area contributed by atoms with Crippen LogP contribution in [-0.4, -0.2) is 29.2 Å². The Morgan fingerprint density at radius 3 is 2.82 bits per heavy atom. The Bertz CT molecular complexity index is 534. The molecule has 1 aromatic heterocycles. The van der Waals surface area contributed by atoms with Gasteiger partial charge in [-0.2, -0.15) is 0 Å². The Labute approximate surface area is 103 Å². The van der Waals surface area contributed by atoms with Gasteiger partial charge in [-0.1, -0.05) is 0 Å². The van der Waals surface area contributed by atoms with E-state index in [9.17, 15) is 4.39 Å². The smallest absolute Gasteiger partial charge is 0.176 e. The molecule has 1 unspecified atom stereocenters. The second-order valence-corrected chi connectivity index (χ2v) is 3.70. The van der Waals surface area contributed by atoms with E-state index >= 15 is 0 Å². The lowest BCUT2D eigenvalue weighted by Gasteiger charge is -2.11. The summed E-state index contributed by atoms with van der Waals surface area (Å²) in [7, 11) is 1.56. The number of aliphatic imine (C=N–C) groups is 1. The van der Waals surface area contributed by atoms with Crippen molar-refractivity contribution in [3.63, 3.8) is 0 Å². The van der Waals surface area contributed by atoms with E-state index in [4.69, 9.17) is 28.8 Å². The van der Waals surface area contributed by atoms with Gasteiger partial charge in [-0.05, 0) is 23.8 Å². The van der Waals surface area contributed by atoms with Crippen molar-refractivity contribution in [2.75, 3.05) is 7.05 Å². The first kappa shape index (κ1) is 13.2. The highest BCUT2D eigenvalue weighted by molar-refractivity contribution is 7.80. The average molecular weight is 253 g/mol. The average Bonchev–Trinajstić information content (AvgIpc) is 2.29. The summed E-state index contributed by atoms with van der Waals surface area (Å²) in [5, 5.41) is 14.6. The minimum Gasteiger partial charge on any atom is -0.376 e. The van der Waals surface area contributed by atoms with Crippen molar-refractivity contribution in [2.24, 2.45) is 10.7 Å². The molecule has 17 heavy (non-hydrogen) atoms. The van der Waals surface area contributed by atoms with E-state index in [1.807, 2.05) is 0 Å². The molecule has 0 saturated carbocycles. The van der Waals surface area contributed by atoms with Crippen LogP contribution in [0.15, 0.2) is 17.3 Å². The van der Waals surface area contributed by atoms with Crippen molar-refractivity contribution in [1.29, 1.82) is 10.8 Å². The first-order chi connectivity index (χ1) is 8.01. The molecule has 1 aromatic rings. The number of halogens is 1. The lowest BCUT2D eigenvalue weighted by molar-refractivity contribution is 0.588.